The molecule has 0 unspecified atom stereocenters. The molecule has 0 saturated carbocycles. The molecule has 0 bridgehead atoms. The van der Waals surface area contributed by atoms with Crippen molar-refractivity contribution in [3.05, 3.63) is 133 Å². The van der Waals surface area contributed by atoms with Crippen LogP contribution in [0.4, 0.5) is 0 Å². The average molecular weight is 993 g/mol. The van der Waals surface area contributed by atoms with Crippen LogP contribution < -0.4 is 20.7 Å². The summed E-state index contributed by atoms with van der Waals surface area (Å²) in [5.74, 6) is 0.454. The van der Waals surface area contributed by atoms with Crippen LogP contribution in [0.25, 0.3) is 15.4 Å². The zero-order valence-corrected chi connectivity index (χ0v) is 41.3. The van der Waals surface area contributed by atoms with Gasteiger partial charge in [0.1, 0.15) is 35.3 Å². The lowest BCUT2D eigenvalue weighted by molar-refractivity contribution is -0.139. The maximum absolute atomic E-state index is 13.7. The van der Waals surface area contributed by atoms with E-state index >= 15 is 0 Å². The van der Waals surface area contributed by atoms with Gasteiger partial charge in [0, 0.05) is 47.0 Å². The van der Waals surface area contributed by atoms with Gasteiger partial charge in [-0.25, -0.2) is 4.98 Å². The number of benzene rings is 3. The van der Waals surface area contributed by atoms with Gasteiger partial charge in [-0.3, -0.25) is 28.7 Å². The van der Waals surface area contributed by atoms with Crippen LogP contribution in [0.2, 0.25) is 5.02 Å². The van der Waals surface area contributed by atoms with Gasteiger partial charge in [-0.05, 0) is 81.1 Å². The number of aryl methyl sites for hydroxylation is 3. The van der Waals surface area contributed by atoms with Crippen LogP contribution in [-0.4, -0.2) is 104 Å². The molecule has 3 aromatic carbocycles. The molecular formula is C50H54ClN9O7S2. The fourth-order valence-electron chi connectivity index (χ4n) is 8.39. The third-order valence-corrected chi connectivity index (χ3v) is 14.6. The van der Waals surface area contributed by atoms with E-state index in [-0.39, 0.29) is 63.5 Å². The second-order valence-electron chi connectivity index (χ2n) is 17.1. The number of thiophene rings is 1. The number of amides is 4. The van der Waals surface area contributed by atoms with E-state index < -0.39 is 30.0 Å². The number of thiazole rings is 1. The number of aliphatic imine (C=N–C) groups is 1. The summed E-state index contributed by atoms with van der Waals surface area (Å²) in [6.07, 6.45) is -0.178. The maximum atomic E-state index is 13.7. The molecule has 19 heteroatoms. The molecule has 360 valence electrons. The molecule has 1 fully saturated rings. The van der Waals surface area contributed by atoms with Crippen LogP contribution in [0.5, 0.6) is 5.75 Å². The Bertz CT molecular complexity index is 2840. The Morgan fingerprint density at radius 2 is 1.65 bits per heavy atom. The molecule has 0 spiro atoms. The Morgan fingerprint density at radius 3 is 2.38 bits per heavy atom. The largest absolute Gasteiger partial charge is 0.494 e. The van der Waals surface area contributed by atoms with Gasteiger partial charge in [0.05, 0.1) is 60.1 Å². The van der Waals surface area contributed by atoms with E-state index in [1.165, 1.54) is 9.78 Å². The standard InChI is InChI=1S/C50H54ClN9O7S2/c1-28-31(4)69-50-45(28)46(35-11-15-37(51)16-12-35)56-40(48-58-57-32(5)60(48)50)22-42(62)55-29(2)34-13-17-39(18-14-34)67-20-6-19-66-26-43(63)52-24-44(64)59-25-38(61)21-41(59)49(65)53-23-33-7-9-36(10-8-33)47-30(3)54-27-68-47/h7-18,27,29,38,40-41,61H,6,19-26H2,1-5H3,(H,52,63)(H,53,65)(H,55,62)/t29-,38-,40+,41+/m1/s1. The van der Waals surface area contributed by atoms with E-state index in [0.717, 1.165) is 60.5 Å². The minimum Gasteiger partial charge on any atom is -0.494 e. The van der Waals surface area contributed by atoms with E-state index in [1.807, 2.05) is 104 Å². The summed E-state index contributed by atoms with van der Waals surface area (Å²) in [4.78, 5) is 65.5. The number of aromatic nitrogens is 4. The second-order valence-corrected chi connectivity index (χ2v) is 19.6. The SMILES string of the molecule is Cc1ncsc1-c1ccc(CNC(=O)[C@@H]2C[C@@H](O)CN2C(=O)CNC(=O)COCCCOc2ccc([C@@H](C)NC(=O)C[C@@H]3N=C(c4ccc(Cl)cc4)c4c(sc(C)c4C)-n4c(C)nnc43)cc2)cc1. The molecule has 2 aliphatic rings. The Balaban J connectivity index is 0.745. The number of likely N-dealkylation sites (tertiary alicyclic amines) is 1. The first-order valence-corrected chi connectivity index (χ1v) is 24.8. The molecule has 16 nitrogen and oxygen atoms in total. The molecule has 4 atom stereocenters. The predicted molar refractivity (Wildman–Crippen MR) is 265 cm³/mol. The van der Waals surface area contributed by atoms with Crippen LogP contribution in [0.15, 0.2) is 83.3 Å². The summed E-state index contributed by atoms with van der Waals surface area (Å²) in [6, 6.07) is 21.1. The predicted octanol–water partition coefficient (Wildman–Crippen LogP) is 6.68. The summed E-state index contributed by atoms with van der Waals surface area (Å²) >= 11 is 9.48. The first-order valence-electron chi connectivity index (χ1n) is 22.7. The number of nitrogens with zero attached hydrogens (tertiary/aromatic N) is 6. The number of nitrogens with one attached hydrogen (secondary N) is 3. The highest BCUT2D eigenvalue weighted by molar-refractivity contribution is 7.15. The number of aliphatic hydroxyl groups excluding tert-OH is 1. The molecule has 3 aromatic heterocycles. The van der Waals surface area contributed by atoms with Crippen LogP contribution in [-0.2, 0) is 30.5 Å². The van der Waals surface area contributed by atoms with Crippen molar-refractivity contribution in [2.45, 2.75) is 84.7 Å². The summed E-state index contributed by atoms with van der Waals surface area (Å²) in [5.41, 5.74) is 9.40. The first-order chi connectivity index (χ1) is 33.2. The number of hydrogen-bond acceptors (Lipinski definition) is 13. The summed E-state index contributed by atoms with van der Waals surface area (Å²) in [5, 5.41) is 29.4. The van der Waals surface area contributed by atoms with Gasteiger partial charge in [0.15, 0.2) is 5.82 Å². The smallest absolute Gasteiger partial charge is 0.246 e. The normalized spacial score (nSPS) is 16.8. The molecule has 6 aromatic rings. The summed E-state index contributed by atoms with van der Waals surface area (Å²) in [6.45, 7) is 10.2. The Morgan fingerprint density at radius 1 is 0.913 bits per heavy atom. The number of halogens is 1. The monoisotopic (exact) mass is 991 g/mol. The summed E-state index contributed by atoms with van der Waals surface area (Å²) in [7, 11) is 0. The van der Waals surface area contributed by atoms with Gasteiger partial charge in [0.2, 0.25) is 23.6 Å². The highest BCUT2D eigenvalue weighted by atomic mass is 35.5. The Kier molecular flexibility index (Phi) is 15.6. The van der Waals surface area contributed by atoms with Crippen LogP contribution in [0.1, 0.15) is 88.3 Å². The molecule has 4 N–H and O–H groups in total. The molecule has 4 amide bonds. The molecule has 2 aliphatic heterocycles. The van der Waals surface area contributed by atoms with Crippen molar-refractivity contribution in [3.8, 4) is 21.2 Å². The topological polar surface area (TPSA) is 202 Å². The zero-order valence-electron chi connectivity index (χ0n) is 39.0. The van der Waals surface area contributed by atoms with Gasteiger partial charge in [0.25, 0.3) is 0 Å². The van der Waals surface area contributed by atoms with Crippen molar-refractivity contribution in [2.75, 3.05) is 32.9 Å². The highest BCUT2D eigenvalue weighted by Crippen LogP contribution is 2.40. The number of carbonyl (C=O) groups is 4. The number of carbonyl (C=O) groups excluding carboxylic acids is 4. The molecule has 8 rings (SSSR count). The molecule has 1 saturated heterocycles. The van der Waals surface area contributed by atoms with Crippen molar-refractivity contribution in [1.29, 1.82) is 0 Å². The fourth-order valence-corrected chi connectivity index (χ4v) is 10.5. The third kappa shape index (κ3) is 11.6. The summed E-state index contributed by atoms with van der Waals surface area (Å²) < 4.78 is 13.4. The fraction of sp³-hybridized carbons (Fsp3) is 0.360. The van der Waals surface area contributed by atoms with Crippen molar-refractivity contribution in [3.63, 3.8) is 0 Å². The Labute approximate surface area is 413 Å². The van der Waals surface area contributed by atoms with Crippen molar-refractivity contribution in [1.82, 2.24) is 40.6 Å². The molecule has 0 radical (unpaired) electrons. The first kappa shape index (κ1) is 49.1. The van der Waals surface area contributed by atoms with E-state index in [4.69, 9.17) is 26.1 Å². The average Bonchev–Trinajstić information content (AvgIpc) is 4.11. The number of β-amino-alcohol motifs (C(OH)–C–C–N with tert-alkyl or cyclic N) is 1. The van der Waals surface area contributed by atoms with Gasteiger partial charge in [-0.1, -0.05) is 60.1 Å². The second kappa shape index (κ2) is 22.0. The highest BCUT2D eigenvalue weighted by Gasteiger charge is 2.39. The molecule has 5 heterocycles. The van der Waals surface area contributed by atoms with Crippen LogP contribution >= 0.6 is 34.3 Å². The van der Waals surface area contributed by atoms with Crippen LogP contribution in [0.3, 0.4) is 0 Å². The van der Waals surface area contributed by atoms with Gasteiger partial charge >= 0.3 is 0 Å². The van der Waals surface area contributed by atoms with Crippen molar-refractivity contribution in [2.24, 2.45) is 4.99 Å². The van der Waals surface area contributed by atoms with Crippen molar-refractivity contribution < 1.29 is 33.8 Å². The number of aliphatic hydroxyl groups is 1. The van der Waals surface area contributed by atoms with Gasteiger partial charge in [-0.15, -0.1) is 32.9 Å². The van der Waals surface area contributed by atoms with Gasteiger partial charge < -0.3 is 35.4 Å². The molecular weight excluding hydrogens is 938 g/mol. The number of fused-ring (bicyclic) bond motifs is 3. The number of hydrogen-bond donors (Lipinski definition) is 4. The van der Waals surface area contributed by atoms with E-state index in [2.05, 4.69) is 45.0 Å². The Hall–Kier alpha value is -6.31. The molecule has 69 heavy (non-hydrogen) atoms. The van der Waals surface area contributed by atoms with Crippen molar-refractivity contribution >= 4 is 63.6 Å². The van der Waals surface area contributed by atoms with Gasteiger partial charge in [-0.2, -0.15) is 0 Å². The molecule has 0 aliphatic carbocycles. The number of ether oxygens (including phenoxy) is 2. The number of rotatable bonds is 18. The van der Waals surface area contributed by atoms with Crippen LogP contribution in [0, 0.1) is 27.7 Å². The lowest BCUT2D eigenvalue weighted by Gasteiger charge is -2.24. The van der Waals surface area contributed by atoms with E-state index in [0.29, 0.717) is 29.6 Å². The maximum Gasteiger partial charge on any atom is 0.246 e. The quantitative estimate of drug-likeness (QED) is 0.0674. The minimum atomic E-state index is -0.853. The van der Waals surface area contributed by atoms with E-state index in [1.54, 1.807) is 22.7 Å². The third-order valence-electron chi connectivity index (χ3n) is 12.2. The lowest BCUT2D eigenvalue weighted by atomic mass is 9.99. The lowest BCUT2D eigenvalue weighted by Crippen LogP contribution is -2.49. The van der Waals surface area contributed by atoms with E-state index in [9.17, 15) is 24.3 Å². The zero-order chi connectivity index (χ0) is 48.8. The minimum absolute atomic E-state index is 0.00248.